The van der Waals surface area contributed by atoms with E-state index in [0.29, 0.717) is 15.9 Å². The number of hydrogen-bond donors (Lipinski definition) is 4. The van der Waals surface area contributed by atoms with E-state index < -0.39 is 0 Å². The average molecular weight is 774 g/mol. The summed E-state index contributed by atoms with van der Waals surface area (Å²) in [6.45, 7) is 2.07. The Kier molecular flexibility index (Phi) is 12.5. The third-order valence-electron chi connectivity index (χ3n) is 10.4. The highest BCUT2D eigenvalue weighted by atomic mass is 35.5. The summed E-state index contributed by atoms with van der Waals surface area (Å²) in [7, 11) is 0. The number of pyridine rings is 2. The van der Waals surface area contributed by atoms with E-state index in [-0.39, 0.29) is 23.7 Å². The number of carbonyl (C=O) groups excluding carboxylic acids is 2. The Hall–Kier alpha value is -5.18. The summed E-state index contributed by atoms with van der Waals surface area (Å²) in [6, 6.07) is 33.1. The second-order valence-electron chi connectivity index (χ2n) is 14.5. The molecular weight excluding hydrogens is 727 g/mol. The lowest BCUT2D eigenvalue weighted by atomic mass is 9.88. The minimum Gasteiger partial charge on any atom is -0.340 e. The molecule has 4 aromatic carbocycles. The second-order valence-corrected chi connectivity index (χ2v) is 15.4. The molecule has 2 saturated carbocycles. The normalized spacial score (nSPS) is 14.8. The number of nitrogens with zero attached hydrogens (tertiary/aromatic N) is 2. The monoisotopic (exact) mass is 772 g/mol. The number of anilines is 6. The second kappa shape index (κ2) is 18.0. The van der Waals surface area contributed by atoms with Crippen LogP contribution in [-0.2, 0) is 9.59 Å². The van der Waals surface area contributed by atoms with Crippen LogP contribution < -0.4 is 21.3 Å². The Balaban J connectivity index is 0.000000169. The molecule has 8 nitrogen and oxygen atoms in total. The van der Waals surface area contributed by atoms with Gasteiger partial charge in [-0.1, -0.05) is 116 Å². The Labute approximate surface area is 332 Å². The predicted octanol–water partition coefficient (Wildman–Crippen LogP) is 12.6. The van der Waals surface area contributed by atoms with Gasteiger partial charge in [-0.05, 0) is 75.1 Å². The molecule has 6 aromatic rings. The molecule has 0 unspecified atom stereocenters. The van der Waals surface area contributed by atoms with Crippen LogP contribution in [0.4, 0.5) is 34.4 Å². The van der Waals surface area contributed by atoms with Gasteiger partial charge in [0.2, 0.25) is 11.8 Å². The largest absolute Gasteiger partial charge is 0.340 e. The molecule has 0 bridgehead atoms. The zero-order valence-electron chi connectivity index (χ0n) is 31.0. The summed E-state index contributed by atoms with van der Waals surface area (Å²) in [5.74, 6) is 1.81. The van der Waals surface area contributed by atoms with E-state index in [9.17, 15) is 9.59 Å². The molecule has 2 heterocycles. The molecular formula is C45H46Cl2N6O2. The van der Waals surface area contributed by atoms with Crippen LogP contribution in [0, 0.1) is 18.8 Å². The van der Waals surface area contributed by atoms with E-state index >= 15 is 0 Å². The van der Waals surface area contributed by atoms with Crippen LogP contribution in [0.3, 0.4) is 0 Å². The van der Waals surface area contributed by atoms with Crippen molar-refractivity contribution < 1.29 is 9.59 Å². The zero-order chi connectivity index (χ0) is 38.1. The van der Waals surface area contributed by atoms with E-state index in [2.05, 4.69) is 45.3 Å². The zero-order valence-corrected chi connectivity index (χ0v) is 32.5. The first kappa shape index (κ1) is 38.1. The first-order chi connectivity index (χ1) is 26.8. The fraction of sp³-hybridized carbons (Fsp3) is 0.289. The topological polar surface area (TPSA) is 108 Å². The summed E-state index contributed by atoms with van der Waals surface area (Å²) in [5.41, 5.74) is 6.25. The summed E-state index contributed by atoms with van der Waals surface area (Å²) < 4.78 is 0. The highest BCUT2D eigenvalue weighted by molar-refractivity contribution is 6.42. The van der Waals surface area contributed by atoms with Crippen LogP contribution in [0.2, 0.25) is 10.0 Å². The molecule has 2 fully saturated rings. The summed E-state index contributed by atoms with van der Waals surface area (Å²) in [4.78, 5) is 34.9. The number of aryl methyl sites for hydroxylation is 1. The number of carbonyl (C=O) groups is 2. The van der Waals surface area contributed by atoms with Gasteiger partial charge in [0.05, 0.1) is 32.5 Å². The van der Waals surface area contributed by atoms with Crippen molar-refractivity contribution in [3.63, 3.8) is 0 Å². The van der Waals surface area contributed by atoms with Crippen molar-refractivity contribution in [2.45, 2.75) is 71.1 Å². The van der Waals surface area contributed by atoms with Crippen molar-refractivity contribution in [3.05, 3.63) is 119 Å². The van der Waals surface area contributed by atoms with Gasteiger partial charge in [-0.3, -0.25) is 9.59 Å². The number of benzene rings is 4. The van der Waals surface area contributed by atoms with Crippen LogP contribution in [0.1, 0.15) is 69.8 Å². The molecule has 0 aliphatic heterocycles. The van der Waals surface area contributed by atoms with Gasteiger partial charge in [0.1, 0.15) is 11.6 Å². The van der Waals surface area contributed by atoms with Gasteiger partial charge in [-0.15, -0.1) is 0 Å². The van der Waals surface area contributed by atoms with Crippen LogP contribution in [0.25, 0.3) is 21.8 Å². The van der Waals surface area contributed by atoms with Crippen molar-refractivity contribution >= 4 is 91.2 Å². The van der Waals surface area contributed by atoms with E-state index in [0.717, 1.165) is 102 Å². The minimum absolute atomic E-state index is 0.0900. The lowest BCUT2D eigenvalue weighted by Gasteiger charge is -2.21. The number of rotatable bonds is 8. The van der Waals surface area contributed by atoms with Crippen molar-refractivity contribution in [2.75, 3.05) is 21.3 Å². The number of hydrogen-bond acceptors (Lipinski definition) is 6. The predicted molar refractivity (Wildman–Crippen MR) is 228 cm³/mol. The molecule has 0 atom stereocenters. The summed E-state index contributed by atoms with van der Waals surface area (Å²) in [6.07, 6.45) is 10.9. The maximum Gasteiger partial charge on any atom is 0.227 e. The lowest BCUT2D eigenvalue weighted by molar-refractivity contribution is -0.121. The van der Waals surface area contributed by atoms with E-state index in [4.69, 9.17) is 28.2 Å². The molecule has 282 valence electrons. The number of para-hydroxylation sites is 2. The standard InChI is InChI=1S/C23H25N3O.C22H21Cl2N3O/c1-16-11-13-18(14-12-16)24-22-15-21(19-9-5-6-10-20(19)25-22)26-23(27)17-7-3-2-4-8-17;23-17-11-10-15(12-18(17)24)25-21-13-20(16-8-4-5-9-19(16)26-21)27-22(28)14-6-2-1-3-7-14/h5-6,9-15,17H,2-4,7-8H2,1H3,(H2,24,25,26,27);4-5,8-14H,1-3,6-7H2,(H2,25,26,27,28). The van der Waals surface area contributed by atoms with Gasteiger partial charge < -0.3 is 21.3 Å². The van der Waals surface area contributed by atoms with Crippen LogP contribution in [-0.4, -0.2) is 21.8 Å². The number of amides is 2. The number of aromatic nitrogens is 2. The third-order valence-corrected chi connectivity index (χ3v) is 11.2. The van der Waals surface area contributed by atoms with Crippen LogP contribution >= 0.6 is 23.2 Å². The molecule has 55 heavy (non-hydrogen) atoms. The Morgan fingerprint density at radius 1 is 0.545 bits per heavy atom. The highest BCUT2D eigenvalue weighted by Crippen LogP contribution is 2.33. The highest BCUT2D eigenvalue weighted by Gasteiger charge is 2.23. The molecule has 10 heteroatoms. The third kappa shape index (κ3) is 9.93. The average Bonchev–Trinajstić information content (AvgIpc) is 3.21. The molecule has 2 aliphatic rings. The minimum atomic E-state index is 0.0900. The van der Waals surface area contributed by atoms with Gasteiger partial charge in [-0.2, -0.15) is 0 Å². The lowest BCUT2D eigenvalue weighted by Crippen LogP contribution is -2.24. The van der Waals surface area contributed by atoms with Gasteiger partial charge in [0, 0.05) is 46.1 Å². The molecule has 2 aromatic heterocycles. The van der Waals surface area contributed by atoms with Gasteiger partial charge in [-0.25, -0.2) is 9.97 Å². The number of halogens is 2. The SMILES string of the molecule is Cc1ccc(Nc2cc(NC(=O)C3CCCCC3)c3ccccc3n2)cc1.O=C(Nc1cc(Nc2ccc(Cl)c(Cl)c2)nc2ccccc12)C1CCCCC1. The first-order valence-corrected chi connectivity index (χ1v) is 20.0. The number of nitrogens with one attached hydrogen (secondary N) is 4. The quantitative estimate of drug-likeness (QED) is 0.123. The van der Waals surface area contributed by atoms with Gasteiger partial charge in [0.15, 0.2) is 0 Å². The van der Waals surface area contributed by atoms with E-state index in [1.807, 2.05) is 78.9 Å². The fourth-order valence-corrected chi connectivity index (χ4v) is 7.69. The molecule has 4 N–H and O–H groups in total. The first-order valence-electron chi connectivity index (χ1n) is 19.3. The molecule has 8 rings (SSSR count). The summed E-state index contributed by atoms with van der Waals surface area (Å²) in [5, 5.41) is 15.8. The maximum atomic E-state index is 12.8. The smallest absolute Gasteiger partial charge is 0.227 e. The van der Waals surface area contributed by atoms with Crippen LogP contribution in [0.15, 0.2) is 103 Å². The summed E-state index contributed by atoms with van der Waals surface area (Å²) >= 11 is 12.1. The Morgan fingerprint density at radius 3 is 1.49 bits per heavy atom. The van der Waals surface area contributed by atoms with Gasteiger partial charge in [0.25, 0.3) is 0 Å². The van der Waals surface area contributed by atoms with Crippen molar-refractivity contribution in [1.82, 2.24) is 9.97 Å². The van der Waals surface area contributed by atoms with Crippen LogP contribution in [0.5, 0.6) is 0 Å². The molecule has 0 spiro atoms. The van der Waals surface area contributed by atoms with E-state index in [1.165, 1.54) is 18.4 Å². The Morgan fingerprint density at radius 2 is 1.00 bits per heavy atom. The van der Waals surface area contributed by atoms with E-state index in [1.54, 1.807) is 12.1 Å². The Bertz CT molecular complexity index is 2280. The van der Waals surface area contributed by atoms with Crippen molar-refractivity contribution in [3.8, 4) is 0 Å². The fourth-order valence-electron chi connectivity index (χ4n) is 7.39. The molecule has 2 aliphatic carbocycles. The van der Waals surface area contributed by atoms with Crippen molar-refractivity contribution in [1.29, 1.82) is 0 Å². The number of fused-ring (bicyclic) bond motifs is 2. The molecule has 2 amide bonds. The molecule has 0 saturated heterocycles. The maximum absolute atomic E-state index is 12.8. The van der Waals surface area contributed by atoms with Gasteiger partial charge >= 0.3 is 0 Å². The van der Waals surface area contributed by atoms with Crippen molar-refractivity contribution in [2.24, 2.45) is 11.8 Å². The molecule has 0 radical (unpaired) electrons.